The Morgan fingerprint density at radius 1 is 1.30 bits per heavy atom. The summed E-state index contributed by atoms with van der Waals surface area (Å²) in [5.41, 5.74) is 1.42. The zero-order valence-electron chi connectivity index (χ0n) is 15.2. The van der Waals surface area contributed by atoms with Crippen molar-refractivity contribution in [3.63, 3.8) is 0 Å². The standard InChI is InChI=1S/C18H21ClN4O3S/c1-22(2)17(12-4-7-14(26-3)8-5-12)11-20-18(27)21-16-10-13(23(24)25)6-9-15(16)19/h4-10,17H,11H2,1-3H3,(H2,20,21,27)/t17-/m0/s1. The highest BCUT2D eigenvalue weighted by Gasteiger charge is 2.16. The van der Waals surface area contributed by atoms with Crippen LogP contribution in [0.5, 0.6) is 5.75 Å². The number of halogens is 1. The molecule has 2 aromatic carbocycles. The molecule has 0 aliphatic rings. The Morgan fingerprint density at radius 2 is 1.96 bits per heavy atom. The molecule has 7 nitrogen and oxygen atoms in total. The van der Waals surface area contributed by atoms with E-state index in [0.29, 0.717) is 22.4 Å². The number of methoxy groups -OCH3 is 1. The summed E-state index contributed by atoms with van der Waals surface area (Å²) < 4.78 is 5.19. The van der Waals surface area contributed by atoms with E-state index in [4.69, 9.17) is 28.6 Å². The van der Waals surface area contributed by atoms with Gasteiger partial charge in [0.05, 0.1) is 28.8 Å². The van der Waals surface area contributed by atoms with E-state index in [1.807, 2.05) is 38.4 Å². The second-order valence-corrected chi connectivity index (χ2v) is 6.82. The van der Waals surface area contributed by atoms with Crippen LogP contribution in [0.4, 0.5) is 11.4 Å². The van der Waals surface area contributed by atoms with Crippen molar-refractivity contribution in [1.29, 1.82) is 0 Å². The molecule has 0 aliphatic carbocycles. The van der Waals surface area contributed by atoms with E-state index >= 15 is 0 Å². The molecule has 0 bridgehead atoms. The van der Waals surface area contributed by atoms with E-state index in [2.05, 4.69) is 15.5 Å². The van der Waals surface area contributed by atoms with Gasteiger partial charge in [-0.2, -0.15) is 0 Å². The highest BCUT2D eigenvalue weighted by Crippen LogP contribution is 2.26. The maximum atomic E-state index is 10.9. The average Bonchev–Trinajstić information content (AvgIpc) is 2.63. The van der Waals surface area contributed by atoms with Crippen molar-refractivity contribution >= 4 is 40.3 Å². The van der Waals surface area contributed by atoms with Crippen LogP contribution in [0.2, 0.25) is 5.02 Å². The van der Waals surface area contributed by atoms with Crippen LogP contribution in [0.3, 0.4) is 0 Å². The lowest BCUT2D eigenvalue weighted by Crippen LogP contribution is -2.36. The minimum absolute atomic E-state index is 0.0610. The van der Waals surface area contributed by atoms with Crippen LogP contribution in [0.25, 0.3) is 0 Å². The van der Waals surface area contributed by atoms with Gasteiger partial charge < -0.3 is 20.3 Å². The number of likely N-dealkylation sites (N-methyl/N-ethyl adjacent to an activating group) is 1. The molecular weight excluding hydrogens is 388 g/mol. The van der Waals surface area contributed by atoms with Gasteiger partial charge in [0.2, 0.25) is 0 Å². The van der Waals surface area contributed by atoms with Crippen LogP contribution in [-0.4, -0.2) is 42.7 Å². The average molecular weight is 409 g/mol. The van der Waals surface area contributed by atoms with Gasteiger partial charge >= 0.3 is 0 Å². The molecule has 0 unspecified atom stereocenters. The fourth-order valence-corrected chi connectivity index (χ4v) is 2.86. The lowest BCUT2D eigenvalue weighted by atomic mass is 10.1. The molecule has 2 rings (SSSR count). The van der Waals surface area contributed by atoms with Gasteiger partial charge in [-0.25, -0.2) is 0 Å². The van der Waals surface area contributed by atoms with Crippen molar-refractivity contribution < 1.29 is 9.66 Å². The molecule has 144 valence electrons. The first-order valence-electron chi connectivity index (χ1n) is 8.11. The SMILES string of the molecule is COc1ccc([C@H](CNC(=S)Nc2cc([N+](=O)[O-])ccc2Cl)N(C)C)cc1. The molecule has 0 saturated carbocycles. The summed E-state index contributed by atoms with van der Waals surface area (Å²) in [5.74, 6) is 0.793. The number of thiocarbonyl (C=S) groups is 1. The number of nitrogens with one attached hydrogen (secondary N) is 2. The number of hydrogen-bond donors (Lipinski definition) is 2. The number of nitro groups is 1. The van der Waals surface area contributed by atoms with Crippen molar-refractivity contribution in [1.82, 2.24) is 10.2 Å². The minimum Gasteiger partial charge on any atom is -0.497 e. The zero-order chi connectivity index (χ0) is 20.0. The van der Waals surface area contributed by atoms with E-state index in [0.717, 1.165) is 11.3 Å². The Labute approximate surface area is 168 Å². The molecule has 0 amide bonds. The predicted molar refractivity (Wildman–Crippen MR) is 112 cm³/mol. The first-order chi connectivity index (χ1) is 12.8. The lowest BCUT2D eigenvalue weighted by molar-refractivity contribution is -0.384. The van der Waals surface area contributed by atoms with E-state index in [9.17, 15) is 10.1 Å². The van der Waals surface area contributed by atoms with Gasteiger partial charge in [0.1, 0.15) is 5.75 Å². The molecule has 9 heteroatoms. The number of non-ortho nitro benzene ring substituents is 1. The van der Waals surface area contributed by atoms with E-state index in [-0.39, 0.29) is 11.7 Å². The summed E-state index contributed by atoms with van der Waals surface area (Å²) in [6.07, 6.45) is 0. The maximum Gasteiger partial charge on any atom is 0.271 e. The van der Waals surface area contributed by atoms with E-state index < -0.39 is 4.92 Å². The first kappa shape index (κ1) is 20.9. The third-order valence-corrected chi connectivity index (χ3v) is 4.56. The van der Waals surface area contributed by atoms with Gasteiger partial charge in [0, 0.05) is 18.7 Å². The Hall–Kier alpha value is -2.42. The zero-order valence-corrected chi connectivity index (χ0v) is 16.8. The maximum absolute atomic E-state index is 10.9. The van der Waals surface area contributed by atoms with Gasteiger partial charge in [-0.3, -0.25) is 10.1 Å². The Morgan fingerprint density at radius 3 is 2.52 bits per heavy atom. The second kappa shape index (κ2) is 9.50. The smallest absolute Gasteiger partial charge is 0.271 e. The van der Waals surface area contributed by atoms with Gasteiger partial charge in [-0.1, -0.05) is 23.7 Å². The number of nitrogens with zero attached hydrogens (tertiary/aromatic N) is 2. The highest BCUT2D eigenvalue weighted by molar-refractivity contribution is 7.80. The van der Waals surface area contributed by atoms with Crippen LogP contribution in [0, 0.1) is 10.1 Å². The molecule has 2 aromatic rings. The molecule has 0 fully saturated rings. The Balaban J connectivity index is 2.03. The van der Waals surface area contributed by atoms with Crippen LogP contribution in [-0.2, 0) is 0 Å². The fraction of sp³-hybridized carbons (Fsp3) is 0.278. The quantitative estimate of drug-likeness (QED) is 0.409. The van der Waals surface area contributed by atoms with E-state index in [1.165, 1.54) is 18.2 Å². The van der Waals surface area contributed by atoms with Crippen molar-refractivity contribution in [3.8, 4) is 5.75 Å². The molecule has 0 aliphatic heterocycles. The van der Waals surface area contributed by atoms with Crippen LogP contribution < -0.4 is 15.4 Å². The van der Waals surface area contributed by atoms with Crippen LogP contribution >= 0.6 is 23.8 Å². The van der Waals surface area contributed by atoms with Crippen molar-refractivity contribution in [2.45, 2.75) is 6.04 Å². The summed E-state index contributed by atoms with van der Waals surface area (Å²) in [7, 11) is 5.58. The summed E-state index contributed by atoms with van der Waals surface area (Å²) in [4.78, 5) is 12.5. The van der Waals surface area contributed by atoms with Gasteiger partial charge in [0.15, 0.2) is 5.11 Å². The first-order valence-corrected chi connectivity index (χ1v) is 8.89. The molecule has 2 N–H and O–H groups in total. The molecule has 27 heavy (non-hydrogen) atoms. The van der Waals surface area contributed by atoms with Crippen molar-refractivity contribution in [2.75, 3.05) is 33.1 Å². The topological polar surface area (TPSA) is 79.7 Å². The van der Waals surface area contributed by atoms with Crippen molar-refractivity contribution in [2.24, 2.45) is 0 Å². The summed E-state index contributed by atoms with van der Waals surface area (Å²) in [5, 5.41) is 17.6. The summed E-state index contributed by atoms with van der Waals surface area (Å²) in [6.45, 7) is 0.539. The number of benzene rings is 2. The third-order valence-electron chi connectivity index (χ3n) is 3.99. The van der Waals surface area contributed by atoms with E-state index in [1.54, 1.807) is 7.11 Å². The largest absolute Gasteiger partial charge is 0.497 e. The minimum atomic E-state index is -0.482. The van der Waals surface area contributed by atoms with Gasteiger partial charge in [-0.15, -0.1) is 0 Å². The highest BCUT2D eigenvalue weighted by atomic mass is 35.5. The van der Waals surface area contributed by atoms with Gasteiger partial charge in [0.25, 0.3) is 5.69 Å². The molecule has 1 atom stereocenters. The molecular formula is C18H21ClN4O3S. The summed E-state index contributed by atoms with van der Waals surface area (Å²) >= 11 is 11.4. The third kappa shape index (κ3) is 5.78. The number of anilines is 1. The molecule has 0 spiro atoms. The normalized spacial score (nSPS) is 11.7. The molecule has 0 radical (unpaired) electrons. The van der Waals surface area contributed by atoms with Gasteiger partial charge in [-0.05, 0) is 50.1 Å². The van der Waals surface area contributed by atoms with Crippen LogP contribution in [0.15, 0.2) is 42.5 Å². The Bertz CT molecular complexity index is 815. The Kier molecular flexibility index (Phi) is 7.35. The molecule has 0 aromatic heterocycles. The second-order valence-electron chi connectivity index (χ2n) is 6.01. The number of ether oxygens (including phenoxy) is 1. The monoisotopic (exact) mass is 408 g/mol. The van der Waals surface area contributed by atoms with Crippen LogP contribution in [0.1, 0.15) is 11.6 Å². The number of rotatable bonds is 7. The molecule has 0 saturated heterocycles. The lowest BCUT2D eigenvalue weighted by Gasteiger charge is -2.26. The fourth-order valence-electron chi connectivity index (χ4n) is 2.50. The number of nitro benzene ring substituents is 1. The molecule has 0 heterocycles. The predicted octanol–water partition coefficient (Wildman–Crippen LogP) is 3.85. The van der Waals surface area contributed by atoms with Crippen molar-refractivity contribution in [3.05, 3.63) is 63.2 Å². The summed E-state index contributed by atoms with van der Waals surface area (Å²) in [6, 6.07) is 12.0. The number of hydrogen-bond acceptors (Lipinski definition) is 5.